The summed E-state index contributed by atoms with van der Waals surface area (Å²) < 4.78 is 0. The molecule has 0 heterocycles. The molecule has 7 aromatic carbocycles. The van der Waals surface area contributed by atoms with E-state index in [-0.39, 0.29) is 0 Å². The van der Waals surface area contributed by atoms with Crippen molar-refractivity contribution in [2.24, 2.45) is 0 Å². The van der Waals surface area contributed by atoms with Crippen LogP contribution in [-0.4, -0.2) is 0 Å². The van der Waals surface area contributed by atoms with Crippen LogP contribution in [0.25, 0.3) is 54.9 Å². The number of hydrogen-bond donors (Lipinski definition) is 0. The Morgan fingerprint density at radius 3 is 0.684 bits per heavy atom. The number of hydrogen-bond acceptors (Lipinski definition) is 0. The second kappa shape index (κ2) is 11.0. The maximum atomic E-state index is 2.27. The molecule has 0 N–H and O–H groups in total. The standard InChI is InChI=1S/C24H18.C14H10/c1-4-10-19(11-5-1)22-16-23(20-12-6-2-7-13-20)18-24(17-22)21-14-8-3-9-15-21;1-2-6-12-10-14-8-4-3-7-13(14)9-11(12)5-1/h1-18H;1-10H. The largest absolute Gasteiger partial charge is 0.0622 e. The molecule has 0 aromatic heterocycles. The van der Waals surface area contributed by atoms with Crippen LogP contribution in [-0.2, 0) is 0 Å². The smallest absolute Gasteiger partial charge is 0.0172 e. The highest BCUT2D eigenvalue weighted by Gasteiger charge is 2.07. The van der Waals surface area contributed by atoms with Crippen LogP contribution in [0.5, 0.6) is 0 Å². The lowest BCUT2D eigenvalue weighted by Crippen LogP contribution is -1.85. The van der Waals surface area contributed by atoms with E-state index in [0.717, 1.165) is 0 Å². The van der Waals surface area contributed by atoms with Gasteiger partial charge in [0, 0.05) is 0 Å². The molecule has 0 unspecified atom stereocenters. The summed E-state index contributed by atoms with van der Waals surface area (Å²) >= 11 is 0. The lowest BCUT2D eigenvalue weighted by molar-refractivity contribution is 1.56. The summed E-state index contributed by atoms with van der Waals surface area (Å²) in [6.45, 7) is 0. The van der Waals surface area contributed by atoms with E-state index in [1.165, 1.54) is 54.9 Å². The zero-order chi connectivity index (χ0) is 25.6. The van der Waals surface area contributed by atoms with Gasteiger partial charge in [0.15, 0.2) is 0 Å². The van der Waals surface area contributed by atoms with E-state index in [2.05, 4.69) is 170 Å². The quantitative estimate of drug-likeness (QED) is 0.219. The van der Waals surface area contributed by atoms with E-state index < -0.39 is 0 Å². The molecule has 180 valence electrons. The molecule has 0 nitrogen and oxygen atoms in total. The van der Waals surface area contributed by atoms with Crippen molar-refractivity contribution in [3.05, 3.63) is 170 Å². The molecule has 0 radical (unpaired) electrons. The normalized spacial score (nSPS) is 10.6. The van der Waals surface area contributed by atoms with Gasteiger partial charge in [0.2, 0.25) is 0 Å². The predicted octanol–water partition coefficient (Wildman–Crippen LogP) is 10.7. The van der Waals surface area contributed by atoms with Gasteiger partial charge in [0.05, 0.1) is 0 Å². The Bertz CT molecular complexity index is 1540. The molecule has 0 saturated carbocycles. The van der Waals surface area contributed by atoms with Crippen molar-refractivity contribution in [2.45, 2.75) is 0 Å². The van der Waals surface area contributed by atoms with Crippen molar-refractivity contribution >= 4 is 21.5 Å². The van der Waals surface area contributed by atoms with Gasteiger partial charge < -0.3 is 0 Å². The fourth-order valence-corrected chi connectivity index (χ4v) is 4.90. The maximum absolute atomic E-state index is 2.27. The molecule has 0 spiro atoms. The van der Waals surface area contributed by atoms with Crippen molar-refractivity contribution < 1.29 is 0 Å². The van der Waals surface area contributed by atoms with Gasteiger partial charge in [-0.05, 0) is 85.3 Å². The third-order valence-electron chi connectivity index (χ3n) is 6.87. The SMILES string of the molecule is c1ccc(-c2cc(-c3ccccc3)cc(-c3ccccc3)c2)cc1.c1ccc2cc3ccccc3cc2c1. The van der Waals surface area contributed by atoms with E-state index in [4.69, 9.17) is 0 Å². The van der Waals surface area contributed by atoms with E-state index in [0.29, 0.717) is 0 Å². The molecule has 38 heavy (non-hydrogen) atoms. The zero-order valence-corrected chi connectivity index (χ0v) is 21.2. The van der Waals surface area contributed by atoms with E-state index in [9.17, 15) is 0 Å². The van der Waals surface area contributed by atoms with Crippen molar-refractivity contribution in [2.75, 3.05) is 0 Å². The average molecular weight is 485 g/mol. The third kappa shape index (κ3) is 5.26. The van der Waals surface area contributed by atoms with Crippen LogP contribution in [0, 0.1) is 0 Å². The summed E-state index contributed by atoms with van der Waals surface area (Å²) in [6, 6.07) is 60.0. The molecule has 7 rings (SSSR count). The Morgan fingerprint density at radius 2 is 0.421 bits per heavy atom. The van der Waals surface area contributed by atoms with Gasteiger partial charge in [-0.2, -0.15) is 0 Å². The summed E-state index contributed by atoms with van der Waals surface area (Å²) in [7, 11) is 0. The second-order valence-corrected chi connectivity index (χ2v) is 9.44. The Labute approximate surface area is 224 Å². The van der Waals surface area contributed by atoms with Crippen molar-refractivity contribution in [1.82, 2.24) is 0 Å². The van der Waals surface area contributed by atoms with Gasteiger partial charge in [0.25, 0.3) is 0 Å². The van der Waals surface area contributed by atoms with Crippen LogP contribution in [0.2, 0.25) is 0 Å². The topological polar surface area (TPSA) is 0 Å². The van der Waals surface area contributed by atoms with Crippen LogP contribution in [0.4, 0.5) is 0 Å². The van der Waals surface area contributed by atoms with Gasteiger partial charge in [-0.3, -0.25) is 0 Å². The first-order valence-electron chi connectivity index (χ1n) is 13.0. The van der Waals surface area contributed by atoms with Crippen LogP contribution >= 0.6 is 0 Å². The Hall–Kier alpha value is -4.94. The number of rotatable bonds is 3. The molecule has 0 saturated heterocycles. The maximum Gasteiger partial charge on any atom is -0.0172 e. The molecule has 0 heteroatoms. The second-order valence-electron chi connectivity index (χ2n) is 9.44. The van der Waals surface area contributed by atoms with E-state index >= 15 is 0 Å². The third-order valence-corrected chi connectivity index (χ3v) is 6.87. The average Bonchev–Trinajstić information content (AvgIpc) is 3.01. The van der Waals surface area contributed by atoms with Gasteiger partial charge in [-0.15, -0.1) is 0 Å². The Morgan fingerprint density at radius 1 is 0.184 bits per heavy atom. The first-order valence-corrected chi connectivity index (χ1v) is 13.0. The molecule has 0 aliphatic heterocycles. The molecular formula is C38H28. The van der Waals surface area contributed by atoms with Crippen LogP contribution in [0.3, 0.4) is 0 Å². The highest BCUT2D eigenvalue weighted by Crippen LogP contribution is 2.32. The monoisotopic (exact) mass is 484 g/mol. The molecule has 0 aliphatic carbocycles. The fraction of sp³-hybridized carbons (Fsp3) is 0. The number of fused-ring (bicyclic) bond motifs is 2. The lowest BCUT2D eigenvalue weighted by Gasteiger charge is -2.11. The van der Waals surface area contributed by atoms with Crippen molar-refractivity contribution in [3.63, 3.8) is 0 Å². The molecule has 0 aliphatic rings. The Balaban J connectivity index is 0.000000159. The van der Waals surface area contributed by atoms with Gasteiger partial charge >= 0.3 is 0 Å². The van der Waals surface area contributed by atoms with Crippen LogP contribution in [0.15, 0.2) is 170 Å². The van der Waals surface area contributed by atoms with E-state index in [1.54, 1.807) is 0 Å². The summed E-state index contributed by atoms with van der Waals surface area (Å²) in [5, 5.41) is 5.25. The summed E-state index contributed by atoms with van der Waals surface area (Å²) in [5.74, 6) is 0. The summed E-state index contributed by atoms with van der Waals surface area (Å²) in [6.07, 6.45) is 0. The van der Waals surface area contributed by atoms with Crippen LogP contribution in [0.1, 0.15) is 0 Å². The molecule has 0 fully saturated rings. The molecule has 0 atom stereocenters. The molecule has 7 aromatic rings. The van der Waals surface area contributed by atoms with E-state index in [1.807, 2.05) is 0 Å². The first kappa shape index (κ1) is 23.5. The lowest BCUT2D eigenvalue weighted by atomic mass is 9.93. The van der Waals surface area contributed by atoms with Crippen LogP contribution < -0.4 is 0 Å². The zero-order valence-electron chi connectivity index (χ0n) is 21.2. The van der Waals surface area contributed by atoms with Gasteiger partial charge in [-0.1, -0.05) is 140 Å². The minimum absolute atomic E-state index is 1.24. The predicted molar refractivity (Wildman–Crippen MR) is 164 cm³/mol. The minimum Gasteiger partial charge on any atom is -0.0622 e. The highest BCUT2D eigenvalue weighted by atomic mass is 14.1. The molecular weight excluding hydrogens is 456 g/mol. The van der Waals surface area contributed by atoms with Crippen molar-refractivity contribution in [3.8, 4) is 33.4 Å². The summed E-state index contributed by atoms with van der Waals surface area (Å²) in [5.41, 5.74) is 7.47. The molecule has 0 amide bonds. The Kier molecular flexibility index (Phi) is 6.78. The minimum atomic E-state index is 1.24. The number of benzene rings is 7. The van der Waals surface area contributed by atoms with Crippen molar-refractivity contribution in [1.29, 1.82) is 0 Å². The van der Waals surface area contributed by atoms with Gasteiger partial charge in [0.1, 0.15) is 0 Å². The first-order chi connectivity index (χ1) is 18.8. The molecule has 0 bridgehead atoms. The fourth-order valence-electron chi connectivity index (χ4n) is 4.90. The summed E-state index contributed by atoms with van der Waals surface area (Å²) in [4.78, 5) is 0. The van der Waals surface area contributed by atoms with Gasteiger partial charge in [-0.25, -0.2) is 0 Å². The highest BCUT2D eigenvalue weighted by molar-refractivity contribution is 5.98.